The van der Waals surface area contributed by atoms with Crippen LogP contribution in [0.15, 0.2) is 35.3 Å². The monoisotopic (exact) mass is 473 g/mol. The summed E-state index contributed by atoms with van der Waals surface area (Å²) in [4.78, 5) is 22.0. The van der Waals surface area contributed by atoms with Crippen LogP contribution in [0.1, 0.15) is 22.5 Å². The Kier molecular flexibility index (Phi) is 9.43. The summed E-state index contributed by atoms with van der Waals surface area (Å²) in [6.07, 6.45) is 0. The Labute approximate surface area is 169 Å². The number of carbonyl (C=O) groups excluding carboxylic acids is 1. The fraction of sp³-hybridized carbons (Fsp3) is 0.353. The third kappa shape index (κ3) is 7.39. The molecular weight excluding hydrogens is 449 g/mol. The van der Waals surface area contributed by atoms with Crippen LogP contribution in [-0.2, 0) is 11.3 Å². The Bertz CT molecular complexity index is 683. The second kappa shape index (κ2) is 11.0. The molecule has 0 spiro atoms. The van der Waals surface area contributed by atoms with Crippen LogP contribution in [0, 0.1) is 13.8 Å². The van der Waals surface area contributed by atoms with E-state index in [1.165, 1.54) is 4.88 Å². The van der Waals surface area contributed by atoms with Crippen molar-refractivity contribution in [3.05, 3.63) is 45.9 Å². The Morgan fingerprint density at radius 3 is 2.52 bits per heavy atom. The standard InChI is InChI=1S/C17H23N5OS.HI/c1-4-18-17(20-11-16-21-12(2)13(3)24-16)19-10-15(23)22-14-8-6-5-7-9-14;/h5-9H,4,10-11H2,1-3H3,(H,22,23)(H2,18,19,20);1H. The van der Waals surface area contributed by atoms with Crippen LogP contribution < -0.4 is 16.0 Å². The minimum Gasteiger partial charge on any atom is -0.357 e. The first-order valence-electron chi connectivity index (χ1n) is 7.88. The van der Waals surface area contributed by atoms with Gasteiger partial charge in [0, 0.05) is 17.1 Å². The van der Waals surface area contributed by atoms with Crippen LogP contribution in [0.3, 0.4) is 0 Å². The molecule has 1 aromatic carbocycles. The van der Waals surface area contributed by atoms with Crippen molar-refractivity contribution < 1.29 is 4.79 Å². The van der Waals surface area contributed by atoms with Gasteiger partial charge < -0.3 is 16.0 Å². The molecule has 1 heterocycles. The Hall–Kier alpha value is -1.68. The van der Waals surface area contributed by atoms with Crippen LogP contribution in [0.25, 0.3) is 0 Å². The molecule has 1 aromatic heterocycles. The number of guanidine groups is 1. The summed E-state index contributed by atoms with van der Waals surface area (Å²) in [7, 11) is 0. The SMILES string of the molecule is CCNC(=NCC(=O)Nc1ccccc1)NCc1nc(C)c(C)s1.I. The number of carbonyl (C=O) groups is 1. The van der Waals surface area contributed by atoms with E-state index in [1.807, 2.05) is 44.2 Å². The Balaban J connectivity index is 0.00000312. The normalized spacial score (nSPS) is 10.8. The van der Waals surface area contributed by atoms with Gasteiger partial charge in [-0.3, -0.25) is 4.79 Å². The number of amides is 1. The summed E-state index contributed by atoms with van der Waals surface area (Å²) < 4.78 is 0. The molecule has 0 unspecified atom stereocenters. The van der Waals surface area contributed by atoms with E-state index in [0.717, 1.165) is 22.9 Å². The lowest BCUT2D eigenvalue weighted by Gasteiger charge is -2.10. The molecule has 136 valence electrons. The van der Waals surface area contributed by atoms with Crippen molar-refractivity contribution in [1.82, 2.24) is 15.6 Å². The van der Waals surface area contributed by atoms with Gasteiger partial charge in [0.05, 0.1) is 12.2 Å². The summed E-state index contributed by atoms with van der Waals surface area (Å²) in [6.45, 7) is 7.42. The molecule has 25 heavy (non-hydrogen) atoms. The van der Waals surface area contributed by atoms with Crippen molar-refractivity contribution >= 4 is 52.9 Å². The minimum atomic E-state index is -0.153. The first kappa shape index (κ1) is 21.4. The maximum absolute atomic E-state index is 12.0. The van der Waals surface area contributed by atoms with E-state index in [4.69, 9.17) is 0 Å². The van der Waals surface area contributed by atoms with Crippen LogP contribution in [0.2, 0.25) is 0 Å². The van der Waals surface area contributed by atoms with Gasteiger partial charge in [-0.15, -0.1) is 35.3 Å². The van der Waals surface area contributed by atoms with E-state index in [9.17, 15) is 4.79 Å². The lowest BCUT2D eigenvalue weighted by atomic mass is 10.3. The number of thiazole rings is 1. The molecule has 2 aromatic rings. The van der Waals surface area contributed by atoms with Gasteiger partial charge in [-0.1, -0.05) is 18.2 Å². The number of benzene rings is 1. The van der Waals surface area contributed by atoms with Crippen molar-refractivity contribution in [2.24, 2.45) is 4.99 Å². The average molecular weight is 473 g/mol. The van der Waals surface area contributed by atoms with Crippen LogP contribution >= 0.6 is 35.3 Å². The molecule has 1 amide bonds. The quantitative estimate of drug-likeness (QED) is 0.343. The largest absolute Gasteiger partial charge is 0.357 e. The lowest BCUT2D eigenvalue weighted by molar-refractivity contribution is -0.114. The highest BCUT2D eigenvalue weighted by Crippen LogP contribution is 2.15. The number of hydrogen-bond acceptors (Lipinski definition) is 4. The lowest BCUT2D eigenvalue weighted by Crippen LogP contribution is -2.37. The Morgan fingerprint density at radius 2 is 1.92 bits per heavy atom. The highest BCUT2D eigenvalue weighted by molar-refractivity contribution is 14.0. The predicted molar refractivity (Wildman–Crippen MR) is 115 cm³/mol. The topological polar surface area (TPSA) is 78.4 Å². The second-order valence-electron chi connectivity index (χ2n) is 5.21. The minimum absolute atomic E-state index is 0. The number of aromatic nitrogens is 1. The van der Waals surface area contributed by atoms with E-state index in [1.54, 1.807) is 11.3 Å². The molecule has 0 atom stereocenters. The Morgan fingerprint density at radius 1 is 1.20 bits per heavy atom. The number of para-hydroxylation sites is 1. The van der Waals surface area contributed by atoms with Gasteiger partial charge in [0.15, 0.2) is 5.96 Å². The summed E-state index contributed by atoms with van der Waals surface area (Å²) in [5.41, 5.74) is 1.82. The average Bonchev–Trinajstić information content (AvgIpc) is 2.89. The highest BCUT2D eigenvalue weighted by atomic mass is 127. The number of nitrogens with one attached hydrogen (secondary N) is 3. The van der Waals surface area contributed by atoms with Crippen molar-refractivity contribution in [3.63, 3.8) is 0 Å². The van der Waals surface area contributed by atoms with Gasteiger partial charge in [0.25, 0.3) is 0 Å². The van der Waals surface area contributed by atoms with Gasteiger partial charge in [-0.25, -0.2) is 9.98 Å². The fourth-order valence-electron chi connectivity index (χ4n) is 1.99. The molecular formula is C17H24IN5OS. The molecule has 8 heteroatoms. The van der Waals surface area contributed by atoms with Crippen molar-refractivity contribution in [2.45, 2.75) is 27.3 Å². The van der Waals surface area contributed by atoms with Crippen molar-refractivity contribution in [2.75, 3.05) is 18.4 Å². The van der Waals surface area contributed by atoms with E-state index in [0.29, 0.717) is 12.5 Å². The first-order valence-corrected chi connectivity index (χ1v) is 8.70. The van der Waals surface area contributed by atoms with E-state index in [2.05, 4.69) is 32.9 Å². The van der Waals surface area contributed by atoms with Crippen LogP contribution in [0.4, 0.5) is 5.69 Å². The van der Waals surface area contributed by atoms with Crippen molar-refractivity contribution in [3.8, 4) is 0 Å². The van der Waals surface area contributed by atoms with Gasteiger partial charge in [-0.2, -0.15) is 0 Å². The second-order valence-corrected chi connectivity index (χ2v) is 6.50. The molecule has 3 N–H and O–H groups in total. The number of hydrogen-bond donors (Lipinski definition) is 3. The molecule has 0 aliphatic heterocycles. The molecule has 6 nitrogen and oxygen atoms in total. The molecule has 0 saturated carbocycles. The zero-order chi connectivity index (χ0) is 17.4. The van der Waals surface area contributed by atoms with Crippen LogP contribution in [0.5, 0.6) is 0 Å². The van der Waals surface area contributed by atoms with Gasteiger partial charge in [0.2, 0.25) is 5.91 Å². The third-order valence-corrected chi connectivity index (χ3v) is 4.34. The number of halogens is 1. The van der Waals surface area contributed by atoms with E-state index < -0.39 is 0 Å². The maximum Gasteiger partial charge on any atom is 0.246 e. The number of aryl methyl sites for hydroxylation is 2. The molecule has 0 radical (unpaired) electrons. The molecule has 0 aliphatic rings. The predicted octanol–water partition coefficient (Wildman–Crippen LogP) is 3.07. The summed E-state index contributed by atoms with van der Waals surface area (Å²) >= 11 is 1.66. The number of rotatable bonds is 6. The molecule has 0 bridgehead atoms. The van der Waals surface area contributed by atoms with Gasteiger partial charge in [-0.05, 0) is 32.9 Å². The number of nitrogens with zero attached hydrogens (tertiary/aromatic N) is 2. The third-order valence-electron chi connectivity index (χ3n) is 3.26. The molecule has 0 fully saturated rings. The molecule has 2 rings (SSSR count). The summed E-state index contributed by atoms with van der Waals surface area (Å²) in [5.74, 6) is 0.450. The summed E-state index contributed by atoms with van der Waals surface area (Å²) in [6, 6.07) is 9.35. The zero-order valence-corrected chi connectivity index (χ0v) is 17.8. The fourth-order valence-corrected chi connectivity index (χ4v) is 2.86. The van der Waals surface area contributed by atoms with Crippen molar-refractivity contribution in [1.29, 1.82) is 0 Å². The van der Waals surface area contributed by atoms with Gasteiger partial charge in [0.1, 0.15) is 11.6 Å². The molecule has 0 saturated heterocycles. The smallest absolute Gasteiger partial charge is 0.246 e. The van der Waals surface area contributed by atoms with Crippen LogP contribution in [-0.4, -0.2) is 29.9 Å². The molecule has 0 aliphatic carbocycles. The number of anilines is 1. The highest BCUT2D eigenvalue weighted by Gasteiger charge is 2.06. The maximum atomic E-state index is 12.0. The number of aliphatic imine (C=N–C) groups is 1. The zero-order valence-electron chi connectivity index (χ0n) is 14.6. The van der Waals surface area contributed by atoms with Gasteiger partial charge >= 0.3 is 0 Å². The van der Waals surface area contributed by atoms with E-state index in [-0.39, 0.29) is 36.4 Å². The van der Waals surface area contributed by atoms with E-state index >= 15 is 0 Å². The first-order chi connectivity index (χ1) is 11.6. The summed E-state index contributed by atoms with van der Waals surface area (Å²) in [5, 5.41) is 10.1.